The molecule has 7 heteroatoms. The molecule has 1 fully saturated rings. The average molecular weight is 415 g/mol. The van der Waals surface area contributed by atoms with E-state index in [1.807, 2.05) is 42.5 Å². The van der Waals surface area contributed by atoms with E-state index in [1.165, 1.54) is 0 Å². The van der Waals surface area contributed by atoms with Crippen LogP contribution in [0.3, 0.4) is 0 Å². The van der Waals surface area contributed by atoms with Gasteiger partial charge < -0.3 is 19.9 Å². The van der Waals surface area contributed by atoms with Gasteiger partial charge in [0.15, 0.2) is 5.82 Å². The normalized spacial score (nSPS) is 17.3. The van der Waals surface area contributed by atoms with Crippen LogP contribution in [0.4, 0.5) is 17.5 Å². The molecule has 2 aliphatic heterocycles. The van der Waals surface area contributed by atoms with Crippen molar-refractivity contribution >= 4 is 23.4 Å². The molecule has 3 aromatic rings. The Morgan fingerprint density at radius 3 is 2.71 bits per heavy atom. The Labute approximate surface area is 181 Å². The van der Waals surface area contributed by atoms with E-state index in [0.29, 0.717) is 19.1 Å². The largest absolute Gasteiger partial charge is 0.489 e. The number of benzene rings is 2. The van der Waals surface area contributed by atoms with Gasteiger partial charge in [-0.05, 0) is 36.1 Å². The van der Waals surface area contributed by atoms with E-state index in [0.717, 1.165) is 47.8 Å². The molecule has 1 saturated heterocycles. The van der Waals surface area contributed by atoms with E-state index < -0.39 is 0 Å². The molecule has 3 heterocycles. The maximum atomic E-state index is 12.5. The topological polar surface area (TPSA) is 70.6 Å². The molecule has 0 spiro atoms. The van der Waals surface area contributed by atoms with Crippen LogP contribution in [0.5, 0.6) is 5.75 Å². The highest BCUT2D eigenvalue weighted by Crippen LogP contribution is 2.37. The summed E-state index contributed by atoms with van der Waals surface area (Å²) >= 11 is 0. The fourth-order valence-corrected chi connectivity index (χ4v) is 4.14. The highest BCUT2D eigenvalue weighted by molar-refractivity contribution is 6.04. The summed E-state index contributed by atoms with van der Waals surface area (Å²) in [6.07, 6.45) is 3.63. The van der Waals surface area contributed by atoms with Gasteiger partial charge in [0.1, 0.15) is 24.1 Å². The zero-order valence-electron chi connectivity index (χ0n) is 17.5. The van der Waals surface area contributed by atoms with E-state index in [1.54, 1.807) is 18.1 Å². The fraction of sp³-hybridized carbons (Fsp3) is 0.292. The molecule has 0 aliphatic carbocycles. The van der Waals surface area contributed by atoms with Gasteiger partial charge in [-0.15, -0.1) is 0 Å². The molecule has 1 amide bonds. The Morgan fingerprint density at radius 2 is 1.90 bits per heavy atom. The first-order valence-electron chi connectivity index (χ1n) is 10.6. The molecule has 7 nitrogen and oxygen atoms in total. The summed E-state index contributed by atoms with van der Waals surface area (Å²) in [4.78, 5) is 25.5. The highest BCUT2D eigenvalue weighted by Gasteiger charge is 2.40. The number of amides is 1. The zero-order valence-corrected chi connectivity index (χ0v) is 17.5. The van der Waals surface area contributed by atoms with Crippen molar-refractivity contribution in [2.24, 2.45) is 0 Å². The lowest BCUT2D eigenvalue weighted by atomic mass is 10.1. The quantitative estimate of drug-likeness (QED) is 0.663. The van der Waals surface area contributed by atoms with Gasteiger partial charge in [0.05, 0.1) is 6.20 Å². The fourth-order valence-electron chi connectivity index (χ4n) is 4.14. The molecule has 0 saturated carbocycles. The van der Waals surface area contributed by atoms with Gasteiger partial charge >= 0.3 is 0 Å². The second-order valence-electron chi connectivity index (χ2n) is 7.92. The molecule has 5 rings (SSSR count). The molecule has 0 radical (unpaired) electrons. The van der Waals surface area contributed by atoms with Crippen LogP contribution in [0.25, 0.3) is 0 Å². The number of rotatable bonds is 6. The third-order valence-electron chi connectivity index (χ3n) is 5.87. The van der Waals surface area contributed by atoms with Crippen molar-refractivity contribution in [3.8, 4) is 5.75 Å². The SMILES string of the molecule is CN1C(=O)C2CCCN2c2nc(NCc3ccc(OCc4ccccc4)cc3)ncc21. The minimum Gasteiger partial charge on any atom is -0.489 e. The molecule has 0 bridgehead atoms. The van der Waals surface area contributed by atoms with Gasteiger partial charge in [0.2, 0.25) is 11.9 Å². The molecule has 1 unspecified atom stereocenters. The number of fused-ring (bicyclic) bond motifs is 3. The van der Waals surface area contributed by atoms with Crippen LogP contribution in [-0.2, 0) is 17.9 Å². The summed E-state index contributed by atoms with van der Waals surface area (Å²) < 4.78 is 5.85. The Balaban J connectivity index is 1.22. The van der Waals surface area contributed by atoms with Crippen LogP contribution < -0.4 is 19.9 Å². The summed E-state index contributed by atoms with van der Waals surface area (Å²) in [5.41, 5.74) is 3.03. The van der Waals surface area contributed by atoms with Crippen molar-refractivity contribution in [3.05, 3.63) is 71.9 Å². The van der Waals surface area contributed by atoms with E-state index >= 15 is 0 Å². The number of aromatic nitrogens is 2. The Morgan fingerprint density at radius 1 is 1.10 bits per heavy atom. The Bertz CT molecular complexity index is 1070. The second kappa shape index (κ2) is 8.26. The maximum absolute atomic E-state index is 12.5. The lowest BCUT2D eigenvalue weighted by molar-refractivity contribution is -0.119. The van der Waals surface area contributed by atoms with Crippen LogP contribution in [0.1, 0.15) is 24.0 Å². The molecule has 1 aromatic heterocycles. The van der Waals surface area contributed by atoms with E-state index in [2.05, 4.69) is 27.3 Å². The first kappa shape index (κ1) is 19.4. The number of likely N-dealkylation sites (N-methyl/N-ethyl adjacent to an activating group) is 1. The van der Waals surface area contributed by atoms with E-state index in [4.69, 9.17) is 9.72 Å². The number of ether oxygens (including phenoxy) is 1. The number of hydrogen-bond donors (Lipinski definition) is 1. The zero-order chi connectivity index (χ0) is 21.2. The number of nitrogens with zero attached hydrogens (tertiary/aromatic N) is 4. The van der Waals surface area contributed by atoms with Crippen LogP contribution in [0, 0.1) is 0 Å². The number of carbonyl (C=O) groups is 1. The minimum atomic E-state index is -0.0938. The summed E-state index contributed by atoms with van der Waals surface area (Å²) in [6, 6.07) is 18.0. The Kier molecular flexibility index (Phi) is 5.16. The number of anilines is 3. The number of carbonyl (C=O) groups excluding carboxylic acids is 1. The second-order valence-corrected chi connectivity index (χ2v) is 7.92. The summed E-state index contributed by atoms with van der Waals surface area (Å²) in [7, 11) is 1.80. The van der Waals surface area contributed by atoms with Crippen molar-refractivity contribution in [1.29, 1.82) is 0 Å². The van der Waals surface area contributed by atoms with Gasteiger partial charge in [-0.3, -0.25) is 4.79 Å². The standard InChI is InChI=1S/C24H25N5O2/c1-28-21-15-26-24(27-22(21)29-13-5-8-20(29)23(28)30)25-14-17-9-11-19(12-10-17)31-16-18-6-3-2-4-7-18/h2-4,6-7,9-12,15,20H,5,8,13-14,16H2,1H3,(H,25,26,27). The number of hydrogen-bond acceptors (Lipinski definition) is 6. The van der Waals surface area contributed by atoms with Gasteiger partial charge in [-0.2, -0.15) is 4.98 Å². The third kappa shape index (κ3) is 3.91. The Hall–Kier alpha value is -3.61. The van der Waals surface area contributed by atoms with Gasteiger partial charge in [0.25, 0.3) is 0 Å². The van der Waals surface area contributed by atoms with Gasteiger partial charge in [-0.1, -0.05) is 42.5 Å². The molecule has 1 N–H and O–H groups in total. The smallest absolute Gasteiger partial charge is 0.249 e. The van der Waals surface area contributed by atoms with Crippen molar-refractivity contribution in [3.63, 3.8) is 0 Å². The molecule has 1 atom stereocenters. The predicted molar refractivity (Wildman–Crippen MR) is 120 cm³/mol. The van der Waals surface area contributed by atoms with Crippen molar-refractivity contribution < 1.29 is 9.53 Å². The monoisotopic (exact) mass is 415 g/mol. The van der Waals surface area contributed by atoms with E-state index in [9.17, 15) is 4.79 Å². The first-order chi connectivity index (χ1) is 15.2. The van der Waals surface area contributed by atoms with Crippen molar-refractivity contribution in [2.75, 3.05) is 28.7 Å². The van der Waals surface area contributed by atoms with Crippen LogP contribution in [-0.4, -0.2) is 35.5 Å². The summed E-state index contributed by atoms with van der Waals surface area (Å²) in [5, 5.41) is 3.30. The van der Waals surface area contributed by atoms with Crippen LogP contribution >= 0.6 is 0 Å². The molecular weight excluding hydrogens is 390 g/mol. The lowest BCUT2D eigenvalue weighted by Crippen LogP contribution is -2.49. The molecule has 31 heavy (non-hydrogen) atoms. The van der Waals surface area contributed by atoms with Gasteiger partial charge in [0, 0.05) is 20.1 Å². The lowest BCUT2D eigenvalue weighted by Gasteiger charge is -2.36. The average Bonchev–Trinajstić information content (AvgIpc) is 3.31. The first-order valence-corrected chi connectivity index (χ1v) is 10.6. The van der Waals surface area contributed by atoms with Crippen LogP contribution in [0.2, 0.25) is 0 Å². The highest BCUT2D eigenvalue weighted by atomic mass is 16.5. The molecular formula is C24H25N5O2. The molecule has 2 aliphatic rings. The number of nitrogens with one attached hydrogen (secondary N) is 1. The maximum Gasteiger partial charge on any atom is 0.249 e. The summed E-state index contributed by atoms with van der Waals surface area (Å²) in [6.45, 7) is 2.02. The molecule has 158 valence electrons. The minimum absolute atomic E-state index is 0.0938. The molecule has 2 aromatic carbocycles. The van der Waals surface area contributed by atoms with Crippen molar-refractivity contribution in [1.82, 2.24) is 9.97 Å². The van der Waals surface area contributed by atoms with Gasteiger partial charge in [-0.25, -0.2) is 4.98 Å². The van der Waals surface area contributed by atoms with E-state index in [-0.39, 0.29) is 11.9 Å². The predicted octanol–water partition coefficient (Wildman–Crippen LogP) is 3.61. The summed E-state index contributed by atoms with van der Waals surface area (Å²) in [5.74, 6) is 2.37. The third-order valence-corrected chi connectivity index (χ3v) is 5.87. The van der Waals surface area contributed by atoms with Crippen LogP contribution in [0.15, 0.2) is 60.8 Å². The van der Waals surface area contributed by atoms with Crippen molar-refractivity contribution in [2.45, 2.75) is 32.0 Å².